The highest BCUT2D eigenvalue weighted by Crippen LogP contribution is 2.32. The molecule has 7 nitrogen and oxygen atoms in total. The van der Waals surface area contributed by atoms with Crippen molar-refractivity contribution in [2.75, 3.05) is 11.4 Å². The van der Waals surface area contributed by atoms with Crippen LogP contribution in [0.25, 0.3) is 0 Å². The van der Waals surface area contributed by atoms with E-state index in [1.54, 1.807) is 32.6 Å². The fourth-order valence-corrected chi connectivity index (χ4v) is 3.14. The lowest BCUT2D eigenvalue weighted by atomic mass is 10.1. The third-order valence-corrected chi connectivity index (χ3v) is 4.33. The van der Waals surface area contributed by atoms with E-state index in [1.165, 1.54) is 0 Å². The van der Waals surface area contributed by atoms with Gasteiger partial charge in [0.25, 0.3) is 5.91 Å². The van der Waals surface area contributed by atoms with Gasteiger partial charge in [-0.3, -0.25) is 9.59 Å². The molecule has 1 N–H and O–H groups in total. The number of anilines is 1. The predicted molar refractivity (Wildman–Crippen MR) is 106 cm³/mol. The Hall–Kier alpha value is -2.57. The van der Waals surface area contributed by atoms with Gasteiger partial charge in [0.1, 0.15) is 5.60 Å². The molecular weight excluding hydrogens is 360 g/mol. The maximum Gasteiger partial charge on any atom is 0.407 e. The summed E-state index contributed by atoms with van der Waals surface area (Å²) in [5.41, 5.74) is 1.43. The summed E-state index contributed by atoms with van der Waals surface area (Å²) in [6.07, 6.45) is -0.0774. The molecule has 1 heterocycles. The lowest BCUT2D eigenvalue weighted by Gasteiger charge is -2.26. The van der Waals surface area contributed by atoms with Gasteiger partial charge in [-0.2, -0.15) is 0 Å². The van der Waals surface area contributed by atoms with Crippen molar-refractivity contribution < 1.29 is 23.9 Å². The van der Waals surface area contributed by atoms with Crippen LogP contribution in [0.2, 0.25) is 0 Å². The average Bonchev–Trinajstić information content (AvgIpc) is 2.92. The number of rotatable bonds is 6. The summed E-state index contributed by atoms with van der Waals surface area (Å²) >= 11 is 0. The van der Waals surface area contributed by atoms with E-state index >= 15 is 0 Å². The van der Waals surface area contributed by atoms with Gasteiger partial charge in [-0.15, -0.1) is 0 Å². The highest BCUT2D eigenvalue weighted by Gasteiger charge is 2.34. The second-order valence-electron chi connectivity index (χ2n) is 8.05. The summed E-state index contributed by atoms with van der Waals surface area (Å²) in [6, 6.07) is 7.80. The normalized spacial score (nSPS) is 16.9. The summed E-state index contributed by atoms with van der Waals surface area (Å²) in [5, 5.41) is 2.59. The van der Waals surface area contributed by atoms with Crippen molar-refractivity contribution in [1.29, 1.82) is 0 Å². The predicted octanol–water partition coefficient (Wildman–Crippen LogP) is 3.20. The second kappa shape index (κ2) is 9.08. The van der Waals surface area contributed by atoms with E-state index in [-0.39, 0.29) is 18.4 Å². The topological polar surface area (TPSA) is 84.9 Å². The van der Waals surface area contributed by atoms with Crippen LogP contribution >= 0.6 is 0 Å². The molecule has 0 unspecified atom stereocenters. The number of carbonyl (C=O) groups is 3. The zero-order valence-electron chi connectivity index (χ0n) is 17.3. The Labute approximate surface area is 166 Å². The van der Waals surface area contributed by atoms with Crippen LogP contribution in [0.3, 0.4) is 0 Å². The molecule has 154 valence electrons. The zero-order chi connectivity index (χ0) is 20.9. The van der Waals surface area contributed by atoms with Crippen LogP contribution in [-0.2, 0) is 25.5 Å². The molecule has 0 saturated carbocycles. The van der Waals surface area contributed by atoms with Crippen LogP contribution < -0.4 is 10.2 Å². The fourth-order valence-electron chi connectivity index (χ4n) is 3.14. The SMILES string of the molecule is C[C@H](OC(=O)CCCNC(=O)OC(C)(C)C)C(=O)N1c2ccccc2C[C@@H]1C. The van der Waals surface area contributed by atoms with E-state index in [9.17, 15) is 14.4 Å². The second-order valence-corrected chi connectivity index (χ2v) is 8.05. The zero-order valence-corrected chi connectivity index (χ0v) is 17.3. The molecule has 1 aromatic carbocycles. The molecule has 0 bridgehead atoms. The lowest BCUT2D eigenvalue weighted by Crippen LogP contribution is -2.43. The first-order valence-electron chi connectivity index (χ1n) is 9.66. The quantitative estimate of drug-likeness (QED) is 0.596. The number of fused-ring (bicyclic) bond motifs is 1. The van der Waals surface area contributed by atoms with Gasteiger partial charge < -0.3 is 19.7 Å². The van der Waals surface area contributed by atoms with Crippen LogP contribution in [0.1, 0.15) is 53.0 Å². The first-order valence-corrected chi connectivity index (χ1v) is 9.66. The summed E-state index contributed by atoms with van der Waals surface area (Å²) in [4.78, 5) is 38.1. The molecule has 1 aliphatic rings. The number of hydrogen-bond acceptors (Lipinski definition) is 5. The van der Waals surface area contributed by atoms with Gasteiger partial charge in [0.2, 0.25) is 0 Å². The monoisotopic (exact) mass is 390 g/mol. The molecule has 0 saturated heterocycles. The molecule has 1 aromatic rings. The number of benzene rings is 1. The van der Waals surface area contributed by atoms with E-state index < -0.39 is 23.8 Å². The van der Waals surface area contributed by atoms with Gasteiger partial charge in [0.15, 0.2) is 6.10 Å². The number of nitrogens with one attached hydrogen (secondary N) is 1. The fraction of sp³-hybridized carbons (Fsp3) is 0.571. The van der Waals surface area contributed by atoms with E-state index in [2.05, 4.69) is 5.32 Å². The van der Waals surface area contributed by atoms with Gasteiger partial charge in [-0.25, -0.2) is 4.79 Å². The molecule has 0 fully saturated rings. The molecule has 0 radical (unpaired) electrons. The largest absolute Gasteiger partial charge is 0.453 e. The third-order valence-electron chi connectivity index (χ3n) is 4.33. The molecule has 0 aliphatic carbocycles. The maximum atomic E-state index is 12.8. The first kappa shape index (κ1) is 21.7. The summed E-state index contributed by atoms with van der Waals surface area (Å²) < 4.78 is 10.4. The number of amides is 2. The minimum absolute atomic E-state index is 0.0316. The van der Waals surface area contributed by atoms with Crippen LogP contribution in [0.15, 0.2) is 24.3 Å². The Balaban J connectivity index is 1.76. The molecule has 2 rings (SSSR count). The van der Waals surface area contributed by atoms with Crippen molar-refractivity contribution in [2.45, 2.75) is 71.6 Å². The van der Waals surface area contributed by atoms with E-state index in [1.807, 2.05) is 31.2 Å². The number of ether oxygens (including phenoxy) is 2. The number of para-hydroxylation sites is 1. The number of esters is 1. The van der Waals surface area contributed by atoms with Gasteiger partial charge in [-0.05, 0) is 59.1 Å². The molecule has 28 heavy (non-hydrogen) atoms. The van der Waals surface area contributed by atoms with E-state index in [4.69, 9.17) is 9.47 Å². The molecule has 7 heteroatoms. The molecule has 1 aliphatic heterocycles. The number of nitrogens with zero attached hydrogens (tertiary/aromatic N) is 1. The maximum absolute atomic E-state index is 12.8. The van der Waals surface area contributed by atoms with E-state index in [0.717, 1.165) is 17.7 Å². The Morgan fingerprint density at radius 2 is 1.93 bits per heavy atom. The van der Waals surface area contributed by atoms with Gasteiger partial charge in [0.05, 0.1) is 0 Å². The lowest BCUT2D eigenvalue weighted by molar-refractivity contribution is -0.154. The van der Waals surface area contributed by atoms with Crippen molar-refractivity contribution in [2.24, 2.45) is 0 Å². The molecule has 0 aromatic heterocycles. The van der Waals surface area contributed by atoms with Gasteiger partial charge in [-0.1, -0.05) is 18.2 Å². The van der Waals surface area contributed by atoms with Gasteiger partial charge >= 0.3 is 12.1 Å². The summed E-state index contributed by atoms with van der Waals surface area (Å²) in [7, 11) is 0. The highest BCUT2D eigenvalue weighted by molar-refractivity contribution is 5.99. The van der Waals surface area contributed by atoms with Gasteiger partial charge in [0, 0.05) is 24.7 Å². The number of carbonyl (C=O) groups excluding carboxylic acids is 3. The van der Waals surface area contributed by atoms with Crippen LogP contribution in [0.4, 0.5) is 10.5 Å². The van der Waals surface area contributed by atoms with E-state index in [0.29, 0.717) is 13.0 Å². The van der Waals surface area contributed by atoms with Crippen LogP contribution in [0, 0.1) is 0 Å². The summed E-state index contributed by atoms with van der Waals surface area (Å²) in [6.45, 7) is 9.20. The van der Waals surface area contributed by atoms with Crippen molar-refractivity contribution in [3.05, 3.63) is 29.8 Å². The van der Waals surface area contributed by atoms with Crippen molar-refractivity contribution in [1.82, 2.24) is 5.32 Å². The van der Waals surface area contributed by atoms with Crippen LogP contribution in [0.5, 0.6) is 0 Å². The minimum Gasteiger partial charge on any atom is -0.453 e. The Morgan fingerprint density at radius 1 is 1.25 bits per heavy atom. The Kier molecular flexibility index (Phi) is 7.05. The minimum atomic E-state index is -0.861. The Bertz CT molecular complexity index is 726. The van der Waals surface area contributed by atoms with Crippen LogP contribution in [-0.4, -0.2) is 42.3 Å². The first-order chi connectivity index (χ1) is 13.1. The molecule has 2 atom stereocenters. The molecular formula is C21H30N2O5. The Morgan fingerprint density at radius 3 is 2.61 bits per heavy atom. The smallest absolute Gasteiger partial charge is 0.407 e. The molecule has 2 amide bonds. The average molecular weight is 390 g/mol. The third kappa shape index (κ3) is 5.97. The van der Waals surface area contributed by atoms with Crippen molar-refractivity contribution in [3.8, 4) is 0 Å². The van der Waals surface area contributed by atoms with Crippen molar-refractivity contribution in [3.63, 3.8) is 0 Å². The summed E-state index contributed by atoms with van der Waals surface area (Å²) in [5.74, 6) is -0.690. The number of alkyl carbamates (subject to hydrolysis) is 1. The highest BCUT2D eigenvalue weighted by atomic mass is 16.6. The van der Waals surface area contributed by atoms with Crippen molar-refractivity contribution >= 4 is 23.7 Å². The number of hydrogen-bond donors (Lipinski definition) is 1. The molecule has 0 spiro atoms. The standard InChI is InChI=1S/C21H30N2O5/c1-14-13-16-9-6-7-10-17(16)23(14)19(25)15(2)27-18(24)11-8-12-22-20(26)28-21(3,4)5/h6-7,9-10,14-15H,8,11-13H2,1-5H3,(H,22,26)/t14-,15-/m0/s1.